The van der Waals surface area contributed by atoms with Crippen LogP contribution in [0.4, 0.5) is 11.4 Å². The van der Waals surface area contributed by atoms with Crippen LogP contribution >= 0.6 is 0 Å². The van der Waals surface area contributed by atoms with E-state index in [4.69, 9.17) is 18.7 Å². The van der Waals surface area contributed by atoms with Gasteiger partial charge < -0.3 is 28.9 Å². The number of aromatic carboxylic acids is 1. The molecule has 1 aliphatic carbocycles. The Labute approximate surface area is 286 Å². The average molecular weight is 663 g/mol. The summed E-state index contributed by atoms with van der Waals surface area (Å²) in [5.74, 6) is -0.484. The molecule has 0 amide bonds. The summed E-state index contributed by atoms with van der Waals surface area (Å²) in [4.78, 5) is 25.3. The highest BCUT2D eigenvalue weighted by Crippen LogP contribution is 2.41. The summed E-state index contributed by atoms with van der Waals surface area (Å²) in [6.07, 6.45) is 2.56. The van der Waals surface area contributed by atoms with Crippen LogP contribution < -0.4 is 25.8 Å². The van der Waals surface area contributed by atoms with Crippen LogP contribution in [0.5, 0.6) is 0 Å². The van der Waals surface area contributed by atoms with E-state index in [0.717, 1.165) is 68.9 Å². The molecule has 1 saturated heterocycles. The molecular weight excluding hydrogens is 618 g/mol. The van der Waals surface area contributed by atoms with Gasteiger partial charge in [-0.3, -0.25) is 0 Å². The predicted molar refractivity (Wildman–Crippen MR) is 198 cm³/mol. The molecule has 1 aromatic heterocycles. The van der Waals surface area contributed by atoms with E-state index in [0.29, 0.717) is 17.5 Å². The summed E-state index contributed by atoms with van der Waals surface area (Å²) in [6, 6.07) is 27.6. The Balaban J connectivity index is 0.000000605. The molecule has 1 fully saturated rings. The van der Waals surface area contributed by atoms with Gasteiger partial charge in [0.05, 0.1) is 6.07 Å². The van der Waals surface area contributed by atoms with E-state index in [9.17, 15) is 9.59 Å². The minimum Gasteiger partial charge on any atom is -0.477 e. The molecule has 0 spiro atoms. The van der Waals surface area contributed by atoms with Gasteiger partial charge in [0.1, 0.15) is 36.6 Å². The van der Waals surface area contributed by atoms with Gasteiger partial charge in [0, 0.05) is 79.3 Å². The van der Waals surface area contributed by atoms with Crippen molar-refractivity contribution in [2.24, 2.45) is 0 Å². The first-order valence-electron chi connectivity index (χ1n) is 16.6. The van der Waals surface area contributed by atoms with Crippen LogP contribution in [-0.2, 0) is 11.3 Å². The predicted octanol–water partition coefficient (Wildman–Crippen LogP) is 7.54. The SMILES string of the molecule is C1CCOC1.CC.CN(C)c1ccc2c(-c3ccc(NCc4ccc5cc(C(=O)O)c(=O)oc5c4)cc3)c3ccc(=[N+](C)C)cc-3oc2c1. The molecule has 254 valence electrons. The quantitative estimate of drug-likeness (QED) is 0.107. The topological polar surface area (TPSA) is 108 Å². The van der Waals surface area contributed by atoms with Crippen LogP contribution in [0.1, 0.15) is 42.6 Å². The van der Waals surface area contributed by atoms with Gasteiger partial charge in [-0.25, -0.2) is 14.2 Å². The van der Waals surface area contributed by atoms with Gasteiger partial charge in [-0.2, -0.15) is 0 Å². The number of carboxylic acid groups (broad SMARTS) is 1. The number of carbonyl (C=O) groups is 1. The monoisotopic (exact) mass is 662 g/mol. The molecule has 4 aromatic rings. The van der Waals surface area contributed by atoms with Crippen molar-refractivity contribution in [3.05, 3.63) is 112 Å². The molecule has 9 heteroatoms. The number of hydrogen-bond acceptors (Lipinski definition) is 7. The Morgan fingerprint density at radius 3 is 2.22 bits per heavy atom. The number of fused-ring (bicyclic) bond motifs is 3. The molecule has 2 N–H and O–H groups in total. The van der Waals surface area contributed by atoms with Gasteiger partial charge in [-0.05, 0) is 66.4 Å². The minimum atomic E-state index is -1.30. The van der Waals surface area contributed by atoms with Crippen LogP contribution in [0.2, 0.25) is 0 Å². The fourth-order valence-electron chi connectivity index (χ4n) is 5.62. The van der Waals surface area contributed by atoms with E-state index in [1.54, 1.807) is 12.1 Å². The third-order valence-electron chi connectivity index (χ3n) is 8.25. The van der Waals surface area contributed by atoms with E-state index in [1.165, 1.54) is 18.9 Å². The van der Waals surface area contributed by atoms with Crippen molar-refractivity contribution < 1.29 is 23.5 Å². The Morgan fingerprint density at radius 2 is 1.59 bits per heavy atom. The summed E-state index contributed by atoms with van der Waals surface area (Å²) in [6.45, 7) is 6.50. The summed E-state index contributed by atoms with van der Waals surface area (Å²) in [5.41, 5.74) is 6.04. The first-order chi connectivity index (χ1) is 23.7. The first kappa shape index (κ1) is 34.9. The maximum Gasteiger partial charge on any atom is 0.351 e. The van der Waals surface area contributed by atoms with Crippen molar-refractivity contribution in [2.75, 3.05) is 51.6 Å². The molecule has 7 rings (SSSR count). The molecule has 3 heterocycles. The number of nitrogens with one attached hydrogen (secondary N) is 1. The highest BCUT2D eigenvalue weighted by Gasteiger charge is 2.19. The zero-order valence-electron chi connectivity index (χ0n) is 29.0. The standard InChI is InChI=1S/C34H29N3O5.C4H8O.C2H6/c1-36(2)24-11-13-26-30(17-24)41-31-18-25(37(3)4)12-14-27(31)32(26)21-7-9-23(10-8-21)35-19-20-5-6-22-16-28(33(38)39)34(40)42-29(22)15-20;1-2-4-5-3-1;1-2/h5-18H,19H2,1-4H3,(H,38,39);1-4H2;1-2H3/p+1. The van der Waals surface area contributed by atoms with Crippen LogP contribution in [-0.4, -0.2) is 52.5 Å². The molecule has 0 saturated carbocycles. The van der Waals surface area contributed by atoms with Crippen molar-refractivity contribution in [1.82, 2.24) is 4.58 Å². The first-order valence-corrected chi connectivity index (χ1v) is 16.6. The molecule has 9 nitrogen and oxygen atoms in total. The lowest BCUT2D eigenvalue weighted by Gasteiger charge is -2.18. The Morgan fingerprint density at radius 1 is 0.857 bits per heavy atom. The van der Waals surface area contributed by atoms with Crippen molar-refractivity contribution >= 4 is 39.3 Å². The number of hydrogen-bond donors (Lipinski definition) is 2. The number of anilines is 2. The molecule has 0 radical (unpaired) electrons. The third kappa shape index (κ3) is 8.01. The number of nitrogens with zero attached hydrogens (tertiary/aromatic N) is 2. The smallest absolute Gasteiger partial charge is 0.351 e. The van der Waals surface area contributed by atoms with Crippen LogP contribution in [0.15, 0.2) is 98.6 Å². The van der Waals surface area contributed by atoms with Gasteiger partial charge in [0.15, 0.2) is 0 Å². The Bertz CT molecular complexity index is 2160. The number of benzene rings is 4. The summed E-state index contributed by atoms with van der Waals surface area (Å²) in [5, 5.41) is 15.3. The third-order valence-corrected chi connectivity index (χ3v) is 8.25. The molecule has 3 aliphatic rings. The normalized spacial score (nSPS) is 12.2. The van der Waals surface area contributed by atoms with Gasteiger partial charge in [0.2, 0.25) is 5.36 Å². The lowest BCUT2D eigenvalue weighted by atomic mass is 9.93. The maximum absolute atomic E-state index is 12.0. The number of carboxylic acids is 1. The van der Waals surface area contributed by atoms with E-state index in [-0.39, 0.29) is 5.56 Å². The largest absolute Gasteiger partial charge is 0.477 e. The zero-order valence-corrected chi connectivity index (χ0v) is 29.0. The maximum atomic E-state index is 12.0. The minimum absolute atomic E-state index is 0.350. The number of ether oxygens (including phenoxy) is 1. The lowest BCUT2D eigenvalue weighted by molar-refractivity contribution is 0.0692. The highest BCUT2D eigenvalue weighted by atomic mass is 16.5. The summed E-state index contributed by atoms with van der Waals surface area (Å²) in [7, 11) is 8.06. The van der Waals surface area contributed by atoms with Crippen molar-refractivity contribution in [1.29, 1.82) is 0 Å². The van der Waals surface area contributed by atoms with Crippen LogP contribution in [0, 0.1) is 0 Å². The second-order valence-corrected chi connectivity index (χ2v) is 12.0. The molecule has 0 bridgehead atoms. The molecule has 3 aromatic carbocycles. The summed E-state index contributed by atoms with van der Waals surface area (Å²) < 4.78 is 18.7. The fraction of sp³-hybridized carbons (Fsp3) is 0.275. The van der Waals surface area contributed by atoms with E-state index in [1.807, 2.05) is 60.2 Å². The molecule has 2 aliphatic heterocycles. The van der Waals surface area contributed by atoms with E-state index in [2.05, 4.69) is 63.3 Å². The average Bonchev–Trinajstić information content (AvgIpc) is 3.70. The van der Waals surface area contributed by atoms with Crippen molar-refractivity contribution in [2.45, 2.75) is 33.2 Å². The van der Waals surface area contributed by atoms with E-state index >= 15 is 0 Å². The highest BCUT2D eigenvalue weighted by molar-refractivity contribution is 6.02. The van der Waals surface area contributed by atoms with Crippen LogP contribution in [0.3, 0.4) is 0 Å². The lowest BCUT2D eigenvalue weighted by Crippen LogP contribution is -2.21. The van der Waals surface area contributed by atoms with E-state index < -0.39 is 11.6 Å². The van der Waals surface area contributed by atoms with Gasteiger partial charge >= 0.3 is 11.6 Å². The molecule has 49 heavy (non-hydrogen) atoms. The van der Waals surface area contributed by atoms with Crippen LogP contribution in [0.25, 0.3) is 44.4 Å². The molecule has 0 unspecified atom stereocenters. The number of rotatable bonds is 6. The Kier molecular flexibility index (Phi) is 11.2. The second-order valence-electron chi connectivity index (χ2n) is 12.0. The fourth-order valence-corrected chi connectivity index (χ4v) is 5.62. The van der Waals surface area contributed by atoms with Gasteiger partial charge in [-0.15, -0.1) is 0 Å². The van der Waals surface area contributed by atoms with Gasteiger partial charge in [0.25, 0.3) is 0 Å². The molecule has 0 atom stereocenters. The summed E-state index contributed by atoms with van der Waals surface area (Å²) >= 11 is 0. The molecular formula is C40H44N3O6+. The zero-order chi connectivity index (χ0) is 35.1. The second kappa shape index (κ2) is 15.7. The van der Waals surface area contributed by atoms with Crippen molar-refractivity contribution in [3.8, 4) is 22.5 Å². The van der Waals surface area contributed by atoms with Crippen molar-refractivity contribution in [3.63, 3.8) is 0 Å². The Hall–Kier alpha value is -5.41. The van der Waals surface area contributed by atoms with Gasteiger partial charge in [-0.1, -0.05) is 38.1 Å².